The van der Waals surface area contributed by atoms with E-state index in [0.29, 0.717) is 16.4 Å². The smallest absolute Gasteiger partial charge is 0.355 e. The maximum atomic E-state index is 12.0. The van der Waals surface area contributed by atoms with E-state index in [1.165, 1.54) is 16.7 Å². The molecule has 0 fully saturated rings. The molecule has 0 spiro atoms. The van der Waals surface area contributed by atoms with Crippen molar-refractivity contribution in [3.63, 3.8) is 0 Å². The Bertz CT molecular complexity index is 669. The topological polar surface area (TPSA) is 95.4 Å². The molecule has 2 aromatic heterocycles. The van der Waals surface area contributed by atoms with E-state index in [0.717, 1.165) is 0 Å². The number of aromatic carboxylic acids is 1. The molecule has 0 aliphatic rings. The number of nitrogens with zero attached hydrogens (tertiary/aromatic N) is 3. The van der Waals surface area contributed by atoms with Crippen LogP contribution in [0.5, 0.6) is 0 Å². The van der Waals surface area contributed by atoms with Crippen molar-refractivity contribution in [2.24, 2.45) is 0 Å². The van der Waals surface area contributed by atoms with Gasteiger partial charge in [0.2, 0.25) is 0 Å². The molecule has 2 heterocycles. The van der Waals surface area contributed by atoms with Crippen LogP contribution < -0.4 is 10.2 Å². The van der Waals surface area contributed by atoms with E-state index in [4.69, 9.17) is 5.11 Å². The third kappa shape index (κ3) is 3.76. The molecular formula is C13H14N4O3S. The summed E-state index contributed by atoms with van der Waals surface area (Å²) in [6, 6.07) is 3.30. The van der Waals surface area contributed by atoms with Crippen molar-refractivity contribution in [2.75, 3.05) is 19.0 Å². The predicted molar refractivity (Wildman–Crippen MR) is 78.8 cm³/mol. The number of aromatic nitrogens is 2. The van der Waals surface area contributed by atoms with Crippen LogP contribution >= 0.6 is 11.3 Å². The number of nitrogens with one attached hydrogen (secondary N) is 1. The monoisotopic (exact) mass is 306 g/mol. The van der Waals surface area contributed by atoms with Gasteiger partial charge in [0.1, 0.15) is 10.8 Å². The first-order valence-corrected chi connectivity index (χ1v) is 6.94. The lowest BCUT2D eigenvalue weighted by Crippen LogP contribution is -2.23. The van der Waals surface area contributed by atoms with Crippen molar-refractivity contribution in [3.8, 4) is 0 Å². The van der Waals surface area contributed by atoms with Gasteiger partial charge in [-0.3, -0.25) is 4.79 Å². The van der Waals surface area contributed by atoms with Crippen LogP contribution in [0.3, 0.4) is 0 Å². The Hall–Kier alpha value is -2.48. The number of carboxylic acids is 1. The maximum Gasteiger partial charge on any atom is 0.355 e. The van der Waals surface area contributed by atoms with Gasteiger partial charge in [0.25, 0.3) is 5.91 Å². The SMILES string of the molecule is CN(C)c1cc(C(=O)NCc2nc(C(=O)O)cs2)ccn1. The number of carbonyl (C=O) groups is 2. The molecule has 1 amide bonds. The minimum absolute atomic E-state index is 0.0111. The largest absolute Gasteiger partial charge is 0.476 e. The lowest BCUT2D eigenvalue weighted by Gasteiger charge is -2.11. The highest BCUT2D eigenvalue weighted by Crippen LogP contribution is 2.11. The number of hydrogen-bond acceptors (Lipinski definition) is 6. The fraction of sp³-hybridized carbons (Fsp3) is 0.231. The molecule has 2 N–H and O–H groups in total. The van der Waals surface area contributed by atoms with Crippen molar-refractivity contribution in [3.05, 3.63) is 40.0 Å². The van der Waals surface area contributed by atoms with Crippen LogP contribution in [0, 0.1) is 0 Å². The first-order valence-electron chi connectivity index (χ1n) is 6.06. The first-order chi connectivity index (χ1) is 9.97. The third-order valence-electron chi connectivity index (χ3n) is 2.64. The zero-order chi connectivity index (χ0) is 15.4. The Morgan fingerprint density at radius 2 is 2.19 bits per heavy atom. The second-order valence-corrected chi connectivity index (χ2v) is 5.35. The van der Waals surface area contributed by atoms with Crippen LogP contribution in [-0.2, 0) is 6.54 Å². The number of carboxylic acid groups (broad SMARTS) is 1. The molecule has 0 bridgehead atoms. The number of anilines is 1. The molecule has 7 nitrogen and oxygen atoms in total. The standard InChI is InChI=1S/C13H14N4O3S/c1-17(2)10-5-8(3-4-14-10)12(18)15-6-11-16-9(7-21-11)13(19)20/h3-5,7H,6H2,1-2H3,(H,15,18)(H,19,20). The number of amides is 1. The summed E-state index contributed by atoms with van der Waals surface area (Å²) in [4.78, 5) is 32.6. The zero-order valence-corrected chi connectivity index (χ0v) is 12.3. The van der Waals surface area contributed by atoms with Gasteiger partial charge in [-0.2, -0.15) is 0 Å². The van der Waals surface area contributed by atoms with Gasteiger partial charge >= 0.3 is 5.97 Å². The summed E-state index contributed by atoms with van der Waals surface area (Å²) < 4.78 is 0. The fourth-order valence-electron chi connectivity index (χ4n) is 1.55. The van der Waals surface area contributed by atoms with Gasteiger partial charge in [0.15, 0.2) is 5.69 Å². The first kappa shape index (κ1) is 14.9. The van der Waals surface area contributed by atoms with Gasteiger partial charge in [0, 0.05) is 31.2 Å². The molecular weight excluding hydrogens is 292 g/mol. The molecule has 0 aromatic carbocycles. The molecule has 0 aliphatic carbocycles. The Morgan fingerprint density at radius 1 is 1.43 bits per heavy atom. The Balaban J connectivity index is 2.01. The summed E-state index contributed by atoms with van der Waals surface area (Å²) in [5.41, 5.74) is 0.478. The number of pyridine rings is 1. The molecule has 0 aliphatic heterocycles. The van der Waals surface area contributed by atoms with Crippen LogP contribution in [0.15, 0.2) is 23.7 Å². The summed E-state index contributed by atoms with van der Waals surface area (Å²) in [6.45, 7) is 0.191. The fourth-order valence-corrected chi connectivity index (χ4v) is 2.26. The normalized spacial score (nSPS) is 10.2. The minimum atomic E-state index is -1.08. The Kier molecular flexibility index (Phi) is 4.49. The van der Waals surface area contributed by atoms with Gasteiger partial charge in [-0.1, -0.05) is 0 Å². The van der Waals surface area contributed by atoms with Gasteiger partial charge in [-0.05, 0) is 12.1 Å². The second-order valence-electron chi connectivity index (χ2n) is 4.41. The molecule has 21 heavy (non-hydrogen) atoms. The van der Waals surface area contributed by atoms with E-state index in [1.54, 1.807) is 23.2 Å². The van der Waals surface area contributed by atoms with Gasteiger partial charge in [-0.25, -0.2) is 14.8 Å². The molecule has 110 valence electrons. The summed E-state index contributed by atoms with van der Waals surface area (Å²) in [5.74, 6) is -0.647. The molecule has 2 aromatic rings. The second kappa shape index (κ2) is 6.31. The van der Waals surface area contributed by atoms with Crippen LogP contribution in [-0.4, -0.2) is 41.0 Å². The molecule has 2 rings (SSSR count). The van der Waals surface area contributed by atoms with E-state index in [2.05, 4.69) is 15.3 Å². The Labute approximate surface area is 125 Å². The molecule has 0 unspecified atom stereocenters. The summed E-state index contributed by atoms with van der Waals surface area (Å²) >= 11 is 1.20. The van der Waals surface area contributed by atoms with E-state index in [-0.39, 0.29) is 18.1 Å². The summed E-state index contributed by atoms with van der Waals surface area (Å²) in [7, 11) is 3.68. The van der Waals surface area contributed by atoms with E-state index >= 15 is 0 Å². The number of thiazole rings is 1. The summed E-state index contributed by atoms with van der Waals surface area (Å²) in [6.07, 6.45) is 1.57. The van der Waals surface area contributed by atoms with Crippen molar-refractivity contribution >= 4 is 29.0 Å². The van der Waals surface area contributed by atoms with Crippen LogP contribution in [0.1, 0.15) is 25.9 Å². The number of carbonyl (C=O) groups excluding carboxylic acids is 1. The minimum Gasteiger partial charge on any atom is -0.476 e. The third-order valence-corrected chi connectivity index (χ3v) is 3.49. The quantitative estimate of drug-likeness (QED) is 0.862. The average molecular weight is 306 g/mol. The lowest BCUT2D eigenvalue weighted by atomic mass is 10.2. The molecule has 0 radical (unpaired) electrons. The Morgan fingerprint density at radius 3 is 2.81 bits per heavy atom. The van der Waals surface area contributed by atoms with Crippen LogP contribution in [0.4, 0.5) is 5.82 Å². The van der Waals surface area contributed by atoms with E-state index in [1.807, 2.05) is 14.1 Å². The number of hydrogen-bond donors (Lipinski definition) is 2. The molecule has 8 heteroatoms. The van der Waals surface area contributed by atoms with Crippen LogP contribution in [0.2, 0.25) is 0 Å². The maximum absolute atomic E-state index is 12.0. The molecule has 0 saturated heterocycles. The van der Waals surface area contributed by atoms with E-state index < -0.39 is 5.97 Å². The average Bonchev–Trinajstić information content (AvgIpc) is 2.94. The van der Waals surface area contributed by atoms with Crippen molar-refractivity contribution in [1.29, 1.82) is 0 Å². The lowest BCUT2D eigenvalue weighted by molar-refractivity contribution is 0.0691. The zero-order valence-electron chi connectivity index (χ0n) is 11.5. The van der Waals surface area contributed by atoms with Gasteiger partial charge < -0.3 is 15.3 Å². The highest BCUT2D eigenvalue weighted by molar-refractivity contribution is 7.09. The molecule has 0 saturated carbocycles. The van der Waals surface area contributed by atoms with E-state index in [9.17, 15) is 9.59 Å². The highest BCUT2D eigenvalue weighted by Gasteiger charge is 2.11. The van der Waals surface area contributed by atoms with Crippen molar-refractivity contribution in [2.45, 2.75) is 6.54 Å². The molecule has 0 atom stereocenters. The van der Waals surface area contributed by atoms with Gasteiger partial charge in [-0.15, -0.1) is 11.3 Å². The van der Waals surface area contributed by atoms with Crippen molar-refractivity contribution in [1.82, 2.24) is 15.3 Å². The predicted octanol–water partition coefficient (Wildman–Crippen LogP) is 1.23. The number of rotatable bonds is 5. The highest BCUT2D eigenvalue weighted by atomic mass is 32.1. The van der Waals surface area contributed by atoms with Crippen molar-refractivity contribution < 1.29 is 14.7 Å². The summed E-state index contributed by atoms with van der Waals surface area (Å²) in [5, 5.41) is 13.5. The van der Waals surface area contributed by atoms with Gasteiger partial charge in [0.05, 0.1) is 6.54 Å². The van der Waals surface area contributed by atoms with Crippen LogP contribution in [0.25, 0.3) is 0 Å².